The first-order valence-electron chi connectivity index (χ1n) is 9.94. The molecule has 1 aliphatic heterocycles. The van der Waals surface area contributed by atoms with E-state index in [0.717, 1.165) is 28.0 Å². The lowest BCUT2D eigenvalue weighted by Crippen LogP contribution is -2.41. The molecule has 0 radical (unpaired) electrons. The maximum Gasteiger partial charge on any atom is 0.437 e. The normalized spacial score (nSPS) is 15.0. The van der Waals surface area contributed by atoms with Crippen LogP contribution >= 0.6 is 11.3 Å². The number of fused-ring (bicyclic) bond motifs is 1. The van der Waals surface area contributed by atoms with E-state index in [4.69, 9.17) is 9.40 Å². The molecular weight excluding hydrogens is 400 g/mol. The lowest BCUT2D eigenvalue weighted by atomic mass is 9.97. The zero-order chi connectivity index (χ0) is 20.5. The lowest BCUT2D eigenvalue weighted by molar-refractivity contribution is -0.133. The molecule has 0 atom stereocenters. The van der Waals surface area contributed by atoms with Crippen molar-refractivity contribution < 1.29 is 9.21 Å². The number of hydrogen-bond acceptors (Lipinski definition) is 6. The number of likely N-dealkylation sites (tertiary alicyclic amines) is 1. The molecule has 1 saturated heterocycles. The van der Waals surface area contributed by atoms with Gasteiger partial charge in [-0.25, -0.2) is 9.78 Å². The fraction of sp³-hybridized carbons (Fsp3) is 0.273. The highest BCUT2D eigenvalue weighted by Crippen LogP contribution is 2.33. The number of rotatable bonds is 4. The quantitative estimate of drug-likeness (QED) is 0.505. The highest BCUT2D eigenvalue weighted by molar-refractivity contribution is 7.18. The summed E-state index contributed by atoms with van der Waals surface area (Å²) in [6, 6.07) is 17.3. The van der Waals surface area contributed by atoms with Gasteiger partial charge in [0.1, 0.15) is 6.54 Å². The van der Waals surface area contributed by atoms with E-state index in [1.807, 2.05) is 48.5 Å². The van der Waals surface area contributed by atoms with Crippen molar-refractivity contribution in [1.82, 2.24) is 19.7 Å². The van der Waals surface area contributed by atoms with E-state index in [1.165, 1.54) is 4.70 Å². The smallest absolute Gasteiger partial charge is 0.388 e. The van der Waals surface area contributed by atoms with Crippen molar-refractivity contribution in [1.29, 1.82) is 0 Å². The van der Waals surface area contributed by atoms with Gasteiger partial charge in [-0.1, -0.05) is 30.3 Å². The van der Waals surface area contributed by atoms with E-state index < -0.39 is 5.76 Å². The van der Waals surface area contributed by atoms with Gasteiger partial charge in [-0.2, -0.15) is 4.68 Å². The predicted molar refractivity (Wildman–Crippen MR) is 114 cm³/mol. The molecule has 3 heterocycles. The van der Waals surface area contributed by atoms with Gasteiger partial charge in [0, 0.05) is 24.6 Å². The van der Waals surface area contributed by atoms with E-state index in [-0.39, 0.29) is 18.3 Å². The van der Waals surface area contributed by atoms with Crippen LogP contribution in [0.2, 0.25) is 0 Å². The van der Waals surface area contributed by atoms with E-state index in [0.29, 0.717) is 24.6 Å². The third-order valence-electron chi connectivity index (χ3n) is 5.42. The topological polar surface area (TPSA) is 81.2 Å². The van der Waals surface area contributed by atoms with Crippen molar-refractivity contribution >= 4 is 27.5 Å². The van der Waals surface area contributed by atoms with Gasteiger partial charge in [-0.05, 0) is 37.1 Å². The first kappa shape index (κ1) is 18.7. The van der Waals surface area contributed by atoms with Crippen molar-refractivity contribution in [2.45, 2.75) is 25.3 Å². The first-order valence-corrected chi connectivity index (χ1v) is 10.8. The van der Waals surface area contributed by atoms with Gasteiger partial charge in [0.25, 0.3) is 0 Å². The maximum absolute atomic E-state index is 12.7. The number of carbonyl (C=O) groups is 1. The minimum Gasteiger partial charge on any atom is -0.388 e. The summed E-state index contributed by atoms with van der Waals surface area (Å²) in [7, 11) is 0. The largest absolute Gasteiger partial charge is 0.437 e. The number of amides is 1. The summed E-state index contributed by atoms with van der Waals surface area (Å²) >= 11 is 1.74. The minimum absolute atomic E-state index is 0.110. The Balaban J connectivity index is 1.23. The highest BCUT2D eigenvalue weighted by Gasteiger charge is 2.26. The number of piperidine rings is 1. The summed E-state index contributed by atoms with van der Waals surface area (Å²) in [6.07, 6.45) is 1.74. The Morgan fingerprint density at radius 1 is 1.07 bits per heavy atom. The molecule has 4 aromatic rings. The zero-order valence-electron chi connectivity index (χ0n) is 16.2. The average Bonchev–Trinajstić information content (AvgIpc) is 3.38. The molecule has 2 aromatic heterocycles. The number of thiazole rings is 1. The van der Waals surface area contributed by atoms with Crippen LogP contribution in [0.25, 0.3) is 21.7 Å². The molecule has 0 aliphatic carbocycles. The Labute approximate surface area is 176 Å². The third kappa shape index (κ3) is 3.66. The van der Waals surface area contributed by atoms with Crippen molar-refractivity contribution in [3.63, 3.8) is 0 Å². The van der Waals surface area contributed by atoms with Crippen molar-refractivity contribution in [3.05, 3.63) is 70.2 Å². The summed E-state index contributed by atoms with van der Waals surface area (Å²) in [5.41, 5.74) is 1.74. The van der Waals surface area contributed by atoms with Gasteiger partial charge in [0.2, 0.25) is 11.8 Å². The number of hydrogen-bond donors (Lipinski definition) is 0. The summed E-state index contributed by atoms with van der Waals surface area (Å²) in [5, 5.41) is 5.33. The molecule has 1 fully saturated rings. The number of nitrogens with zero attached hydrogens (tertiary/aromatic N) is 4. The molecule has 0 unspecified atom stereocenters. The molecule has 1 amide bonds. The monoisotopic (exact) mass is 420 g/mol. The van der Waals surface area contributed by atoms with E-state index in [1.54, 1.807) is 16.2 Å². The van der Waals surface area contributed by atoms with Crippen molar-refractivity contribution in [2.24, 2.45) is 0 Å². The molecule has 0 saturated carbocycles. The highest BCUT2D eigenvalue weighted by atomic mass is 32.1. The molecule has 152 valence electrons. The van der Waals surface area contributed by atoms with Gasteiger partial charge >= 0.3 is 5.76 Å². The summed E-state index contributed by atoms with van der Waals surface area (Å²) in [4.78, 5) is 31.4. The van der Waals surface area contributed by atoms with Gasteiger partial charge in [-0.15, -0.1) is 16.4 Å². The van der Waals surface area contributed by atoms with Crippen LogP contribution in [0.5, 0.6) is 0 Å². The molecule has 0 bridgehead atoms. The molecule has 5 rings (SSSR count). The van der Waals surface area contributed by atoms with Crippen LogP contribution < -0.4 is 5.76 Å². The molecule has 30 heavy (non-hydrogen) atoms. The molecular formula is C22H20N4O3S. The second-order valence-electron chi connectivity index (χ2n) is 7.37. The maximum atomic E-state index is 12.7. The third-order valence-corrected chi connectivity index (χ3v) is 6.62. The zero-order valence-corrected chi connectivity index (χ0v) is 17.0. The van der Waals surface area contributed by atoms with E-state index >= 15 is 0 Å². The van der Waals surface area contributed by atoms with Crippen LogP contribution in [0.4, 0.5) is 0 Å². The number of para-hydroxylation sites is 1. The van der Waals surface area contributed by atoms with E-state index in [2.05, 4.69) is 11.2 Å². The number of aromatic nitrogens is 3. The minimum atomic E-state index is -0.619. The van der Waals surface area contributed by atoms with Gasteiger partial charge in [-0.3, -0.25) is 4.79 Å². The molecule has 1 aliphatic rings. The second kappa shape index (κ2) is 7.87. The molecule has 8 heteroatoms. The average molecular weight is 420 g/mol. The van der Waals surface area contributed by atoms with Gasteiger partial charge in [0.15, 0.2) is 0 Å². The van der Waals surface area contributed by atoms with Crippen LogP contribution in [0.1, 0.15) is 23.8 Å². The van der Waals surface area contributed by atoms with Crippen LogP contribution in [-0.2, 0) is 11.3 Å². The number of benzene rings is 2. The summed E-state index contributed by atoms with van der Waals surface area (Å²) in [6.45, 7) is 1.19. The van der Waals surface area contributed by atoms with Crippen molar-refractivity contribution in [3.8, 4) is 11.5 Å². The Hall–Kier alpha value is -3.26. The van der Waals surface area contributed by atoms with Crippen LogP contribution in [0, 0.1) is 0 Å². The van der Waals surface area contributed by atoms with Crippen LogP contribution in [0.3, 0.4) is 0 Å². The molecule has 2 aromatic carbocycles. The van der Waals surface area contributed by atoms with Gasteiger partial charge < -0.3 is 9.32 Å². The van der Waals surface area contributed by atoms with Gasteiger partial charge in [0.05, 0.1) is 15.2 Å². The predicted octanol–water partition coefficient (Wildman–Crippen LogP) is 3.52. The molecule has 0 spiro atoms. The fourth-order valence-electron chi connectivity index (χ4n) is 3.77. The molecule has 7 nitrogen and oxygen atoms in total. The molecule has 0 N–H and O–H groups in total. The Morgan fingerprint density at radius 3 is 2.57 bits per heavy atom. The van der Waals surface area contributed by atoms with Crippen LogP contribution in [-0.4, -0.2) is 38.7 Å². The summed E-state index contributed by atoms with van der Waals surface area (Å²) in [5.74, 6) is -0.145. The number of carbonyl (C=O) groups excluding carboxylic acids is 1. The SMILES string of the molecule is O=C(Cn1nc(-c2ccccc2)oc1=O)N1CCC(c2nc3ccccc3s2)CC1. The fourth-order valence-corrected chi connectivity index (χ4v) is 4.91. The lowest BCUT2D eigenvalue weighted by Gasteiger charge is -2.31. The second-order valence-corrected chi connectivity index (χ2v) is 8.43. The van der Waals surface area contributed by atoms with Crippen LogP contribution in [0.15, 0.2) is 63.8 Å². The Kier molecular flexibility index (Phi) is 4.92. The van der Waals surface area contributed by atoms with Crippen molar-refractivity contribution in [2.75, 3.05) is 13.1 Å². The first-order chi connectivity index (χ1) is 14.7. The summed E-state index contributed by atoms with van der Waals surface area (Å²) < 4.78 is 7.51. The van der Waals surface area contributed by atoms with E-state index in [9.17, 15) is 9.59 Å². The Morgan fingerprint density at radius 2 is 1.80 bits per heavy atom. The Bertz CT molecular complexity index is 1200. The standard InChI is InChI=1S/C22H20N4O3S/c27-19(14-26-22(28)29-20(24-26)15-6-2-1-3-7-15)25-12-10-16(11-13-25)21-23-17-8-4-5-9-18(17)30-21/h1-9,16H,10-14H2.